The number of methoxy groups -OCH3 is 1. The summed E-state index contributed by atoms with van der Waals surface area (Å²) in [4.78, 5) is 11.4. The van der Waals surface area contributed by atoms with E-state index in [1.165, 1.54) is 7.11 Å². The molecule has 3 unspecified atom stereocenters. The zero-order chi connectivity index (χ0) is 14.7. The summed E-state index contributed by atoms with van der Waals surface area (Å²) in [5, 5.41) is 20.4. The third kappa shape index (κ3) is 3.07. The minimum atomic E-state index is -0.870. The molecule has 0 bridgehead atoms. The first kappa shape index (κ1) is 15.1. The van der Waals surface area contributed by atoms with Crippen molar-refractivity contribution in [2.45, 2.75) is 31.8 Å². The van der Waals surface area contributed by atoms with Gasteiger partial charge in [0.05, 0.1) is 19.1 Å². The van der Waals surface area contributed by atoms with Crippen LogP contribution in [-0.4, -0.2) is 23.3 Å². The Labute approximate surface area is 123 Å². The average Bonchev–Trinajstić information content (AvgIpc) is 2.46. The van der Waals surface area contributed by atoms with E-state index in [1.54, 1.807) is 18.2 Å². The smallest absolute Gasteiger partial charge is 0.306 e. The van der Waals surface area contributed by atoms with Crippen LogP contribution < -0.4 is 4.74 Å². The number of ether oxygens (including phenoxy) is 1. The van der Waals surface area contributed by atoms with Crippen molar-refractivity contribution >= 4 is 17.6 Å². The number of aliphatic carboxylic acids is 1. The Morgan fingerprint density at radius 2 is 2.10 bits per heavy atom. The number of benzene rings is 1. The number of hydrogen-bond donors (Lipinski definition) is 2. The molecular weight excluding hydrogens is 280 g/mol. The molecule has 20 heavy (non-hydrogen) atoms. The van der Waals surface area contributed by atoms with E-state index >= 15 is 0 Å². The molecule has 1 aromatic carbocycles. The summed E-state index contributed by atoms with van der Waals surface area (Å²) in [6, 6.07) is 5.03. The number of hydrogen-bond acceptors (Lipinski definition) is 3. The van der Waals surface area contributed by atoms with Crippen molar-refractivity contribution in [3.8, 4) is 5.75 Å². The fourth-order valence-corrected chi connectivity index (χ4v) is 3.19. The molecule has 0 spiro atoms. The number of halogens is 1. The van der Waals surface area contributed by atoms with Crippen molar-refractivity contribution in [3.63, 3.8) is 0 Å². The standard InChI is InChI=1S/C15H19ClO4/c1-20-13-7-6-9(16)8-12(13)14(17)10-4-2-3-5-11(10)15(18)19/h6-8,10-11,14,17H,2-5H2,1H3,(H,18,19). The van der Waals surface area contributed by atoms with Crippen molar-refractivity contribution in [1.82, 2.24) is 0 Å². The van der Waals surface area contributed by atoms with Crippen LogP contribution in [0.15, 0.2) is 18.2 Å². The molecule has 0 saturated heterocycles. The fraction of sp³-hybridized carbons (Fsp3) is 0.533. The molecule has 5 heteroatoms. The zero-order valence-electron chi connectivity index (χ0n) is 11.4. The Morgan fingerprint density at radius 3 is 2.75 bits per heavy atom. The predicted molar refractivity (Wildman–Crippen MR) is 76.0 cm³/mol. The van der Waals surface area contributed by atoms with E-state index in [0.29, 0.717) is 29.2 Å². The van der Waals surface area contributed by atoms with Crippen LogP contribution in [0.5, 0.6) is 5.75 Å². The third-order valence-corrected chi connectivity index (χ3v) is 4.29. The highest BCUT2D eigenvalue weighted by Gasteiger charge is 2.37. The van der Waals surface area contributed by atoms with E-state index in [2.05, 4.69) is 0 Å². The number of rotatable bonds is 4. The number of carboxylic acids is 1. The van der Waals surface area contributed by atoms with Gasteiger partial charge >= 0.3 is 5.97 Å². The highest BCUT2D eigenvalue weighted by molar-refractivity contribution is 6.30. The van der Waals surface area contributed by atoms with Crippen LogP contribution in [0.4, 0.5) is 0 Å². The maximum Gasteiger partial charge on any atom is 0.306 e. The number of carbonyl (C=O) groups is 1. The second-order valence-corrected chi connectivity index (χ2v) is 5.66. The second kappa shape index (κ2) is 6.46. The second-order valence-electron chi connectivity index (χ2n) is 5.22. The van der Waals surface area contributed by atoms with Crippen molar-refractivity contribution < 1.29 is 19.7 Å². The van der Waals surface area contributed by atoms with E-state index in [1.807, 2.05) is 0 Å². The fourth-order valence-electron chi connectivity index (χ4n) is 3.01. The molecule has 0 aromatic heterocycles. The first-order valence-electron chi connectivity index (χ1n) is 6.79. The topological polar surface area (TPSA) is 66.8 Å². The van der Waals surface area contributed by atoms with Gasteiger partial charge in [-0.15, -0.1) is 0 Å². The average molecular weight is 299 g/mol. The summed E-state index contributed by atoms with van der Waals surface area (Å²) < 4.78 is 5.24. The molecule has 2 N–H and O–H groups in total. The molecule has 2 rings (SSSR count). The van der Waals surface area contributed by atoms with E-state index in [4.69, 9.17) is 16.3 Å². The molecule has 0 amide bonds. The molecule has 1 aliphatic carbocycles. The van der Waals surface area contributed by atoms with Crippen LogP contribution in [0.2, 0.25) is 5.02 Å². The van der Waals surface area contributed by atoms with E-state index < -0.39 is 18.0 Å². The summed E-state index contributed by atoms with van der Waals surface area (Å²) in [5.41, 5.74) is 0.568. The quantitative estimate of drug-likeness (QED) is 0.895. The minimum absolute atomic E-state index is 0.298. The summed E-state index contributed by atoms with van der Waals surface area (Å²) in [6.07, 6.45) is 2.28. The molecule has 1 saturated carbocycles. The van der Waals surface area contributed by atoms with Gasteiger partial charge in [0.2, 0.25) is 0 Å². The summed E-state index contributed by atoms with van der Waals surface area (Å²) in [5.74, 6) is -1.11. The number of carboxylic acid groups (broad SMARTS) is 1. The maximum absolute atomic E-state index is 11.4. The van der Waals surface area contributed by atoms with Crippen LogP contribution in [0.1, 0.15) is 37.4 Å². The van der Waals surface area contributed by atoms with Gasteiger partial charge in [-0.25, -0.2) is 0 Å². The summed E-state index contributed by atoms with van der Waals surface area (Å²) in [7, 11) is 1.52. The Kier molecular flexibility index (Phi) is 4.89. The normalized spacial score (nSPS) is 24.1. The molecule has 110 valence electrons. The highest BCUT2D eigenvalue weighted by atomic mass is 35.5. The van der Waals surface area contributed by atoms with Crippen LogP contribution in [0, 0.1) is 11.8 Å². The van der Waals surface area contributed by atoms with Gasteiger partial charge in [0.1, 0.15) is 5.75 Å². The lowest BCUT2D eigenvalue weighted by Gasteiger charge is -2.33. The molecule has 0 radical (unpaired) electrons. The van der Waals surface area contributed by atoms with Crippen molar-refractivity contribution in [2.24, 2.45) is 11.8 Å². The number of aliphatic hydroxyl groups excluding tert-OH is 1. The summed E-state index contributed by atoms with van der Waals surface area (Å²) >= 11 is 5.97. The Hall–Kier alpha value is -1.26. The van der Waals surface area contributed by atoms with Crippen molar-refractivity contribution in [2.75, 3.05) is 7.11 Å². The van der Waals surface area contributed by atoms with Gasteiger partial charge in [0.15, 0.2) is 0 Å². The van der Waals surface area contributed by atoms with Gasteiger partial charge in [-0.3, -0.25) is 4.79 Å². The van der Waals surface area contributed by atoms with Crippen LogP contribution >= 0.6 is 11.6 Å². The third-order valence-electron chi connectivity index (χ3n) is 4.05. The number of aliphatic hydroxyl groups is 1. The first-order valence-corrected chi connectivity index (χ1v) is 7.16. The van der Waals surface area contributed by atoms with E-state index in [-0.39, 0.29) is 5.92 Å². The van der Waals surface area contributed by atoms with Gasteiger partial charge in [0.25, 0.3) is 0 Å². The van der Waals surface area contributed by atoms with E-state index in [9.17, 15) is 15.0 Å². The zero-order valence-corrected chi connectivity index (χ0v) is 12.1. The Morgan fingerprint density at radius 1 is 1.40 bits per heavy atom. The Balaban J connectivity index is 2.31. The molecule has 1 fully saturated rings. The lowest BCUT2D eigenvalue weighted by atomic mass is 9.74. The minimum Gasteiger partial charge on any atom is -0.496 e. The van der Waals surface area contributed by atoms with Crippen molar-refractivity contribution in [1.29, 1.82) is 0 Å². The first-order chi connectivity index (χ1) is 9.54. The largest absolute Gasteiger partial charge is 0.496 e. The van der Waals surface area contributed by atoms with Crippen LogP contribution in [-0.2, 0) is 4.79 Å². The lowest BCUT2D eigenvalue weighted by Crippen LogP contribution is -2.31. The monoisotopic (exact) mass is 298 g/mol. The van der Waals surface area contributed by atoms with Gasteiger partial charge in [-0.05, 0) is 31.0 Å². The van der Waals surface area contributed by atoms with Gasteiger partial charge in [-0.1, -0.05) is 24.4 Å². The van der Waals surface area contributed by atoms with E-state index in [0.717, 1.165) is 12.8 Å². The van der Waals surface area contributed by atoms with Gasteiger partial charge < -0.3 is 14.9 Å². The van der Waals surface area contributed by atoms with Gasteiger partial charge in [-0.2, -0.15) is 0 Å². The SMILES string of the molecule is COc1ccc(Cl)cc1C(O)C1CCCCC1C(=O)O. The molecule has 3 atom stereocenters. The Bertz CT molecular complexity index is 489. The van der Waals surface area contributed by atoms with Crippen molar-refractivity contribution in [3.05, 3.63) is 28.8 Å². The highest BCUT2D eigenvalue weighted by Crippen LogP contribution is 2.42. The lowest BCUT2D eigenvalue weighted by molar-refractivity contribution is -0.147. The molecule has 4 nitrogen and oxygen atoms in total. The van der Waals surface area contributed by atoms with Crippen LogP contribution in [0.25, 0.3) is 0 Å². The maximum atomic E-state index is 11.4. The molecule has 0 heterocycles. The molecular formula is C15H19ClO4. The molecule has 1 aliphatic rings. The van der Waals surface area contributed by atoms with Gasteiger partial charge in [0, 0.05) is 16.5 Å². The molecule has 1 aromatic rings. The molecule has 0 aliphatic heterocycles. The predicted octanol–water partition coefficient (Wildman–Crippen LogP) is 3.27. The van der Waals surface area contributed by atoms with Crippen LogP contribution in [0.3, 0.4) is 0 Å². The summed E-state index contributed by atoms with van der Waals surface area (Å²) in [6.45, 7) is 0.